The lowest BCUT2D eigenvalue weighted by Gasteiger charge is -2.04. The van der Waals surface area contributed by atoms with E-state index in [1.54, 1.807) is 0 Å². The molecule has 1 rings (SSSR count). The van der Waals surface area contributed by atoms with Gasteiger partial charge in [-0.2, -0.15) is 5.10 Å². The number of carbonyl (C=O) groups excluding carboxylic acids is 1. The lowest BCUT2D eigenvalue weighted by atomic mass is 10.1. The van der Waals surface area contributed by atoms with Crippen LogP contribution in [0, 0.1) is 0 Å². The Bertz CT molecular complexity index is 387. The van der Waals surface area contributed by atoms with Crippen molar-refractivity contribution < 1.29 is 4.79 Å². The van der Waals surface area contributed by atoms with Gasteiger partial charge in [0, 0.05) is 6.54 Å². The number of hydrogen-bond donors (Lipinski definition) is 3. The van der Waals surface area contributed by atoms with Gasteiger partial charge in [-0.3, -0.25) is 9.89 Å². The predicted octanol–water partition coefficient (Wildman–Crippen LogP) is 2.64. The molecule has 19 heavy (non-hydrogen) atoms. The Morgan fingerprint density at radius 2 is 1.89 bits per heavy atom. The first kappa shape index (κ1) is 15.5. The third-order valence-electron chi connectivity index (χ3n) is 3.27. The molecule has 1 aromatic rings. The van der Waals surface area contributed by atoms with E-state index in [0.29, 0.717) is 17.9 Å². The molecule has 0 aliphatic rings. The monoisotopic (exact) mass is 266 g/mol. The number of carbonyl (C=O) groups is 1. The van der Waals surface area contributed by atoms with Crippen LogP contribution in [0.1, 0.15) is 68.6 Å². The molecule has 1 amide bonds. The van der Waals surface area contributed by atoms with Crippen LogP contribution in [0.4, 0.5) is 5.69 Å². The molecule has 0 spiro atoms. The molecule has 0 radical (unpaired) electrons. The number of nitrogens with two attached hydrogens (primary N) is 1. The fraction of sp³-hybridized carbons (Fsp3) is 0.714. The molecule has 0 aliphatic carbocycles. The Morgan fingerprint density at radius 1 is 1.21 bits per heavy atom. The molecule has 0 bridgehead atoms. The van der Waals surface area contributed by atoms with Crippen molar-refractivity contribution in [3.63, 3.8) is 0 Å². The second kappa shape index (κ2) is 8.56. The van der Waals surface area contributed by atoms with Gasteiger partial charge in [0.25, 0.3) is 5.91 Å². The number of nitrogen functional groups attached to an aromatic ring is 1. The first-order chi connectivity index (χ1) is 9.20. The topological polar surface area (TPSA) is 83.8 Å². The van der Waals surface area contributed by atoms with Gasteiger partial charge in [0.2, 0.25) is 0 Å². The maximum absolute atomic E-state index is 11.9. The molecule has 4 N–H and O–H groups in total. The second-order valence-corrected chi connectivity index (χ2v) is 4.84. The van der Waals surface area contributed by atoms with E-state index < -0.39 is 0 Å². The molecule has 0 atom stereocenters. The Kier molecular flexibility index (Phi) is 7.00. The van der Waals surface area contributed by atoms with Crippen molar-refractivity contribution in [2.75, 3.05) is 12.3 Å². The van der Waals surface area contributed by atoms with Crippen molar-refractivity contribution in [3.05, 3.63) is 11.4 Å². The summed E-state index contributed by atoms with van der Waals surface area (Å²) in [5.74, 6) is -0.179. The number of nitrogens with one attached hydrogen (secondary N) is 2. The van der Waals surface area contributed by atoms with Crippen molar-refractivity contribution in [1.82, 2.24) is 15.5 Å². The van der Waals surface area contributed by atoms with Gasteiger partial charge in [0.1, 0.15) is 0 Å². The summed E-state index contributed by atoms with van der Waals surface area (Å²) in [4.78, 5) is 11.9. The van der Waals surface area contributed by atoms with E-state index >= 15 is 0 Å². The average Bonchev–Trinajstić information content (AvgIpc) is 2.78. The number of unbranched alkanes of at least 4 members (excludes halogenated alkanes) is 5. The number of rotatable bonds is 9. The highest BCUT2D eigenvalue weighted by Gasteiger charge is 2.15. The van der Waals surface area contributed by atoms with Crippen molar-refractivity contribution in [3.8, 4) is 0 Å². The van der Waals surface area contributed by atoms with Gasteiger partial charge in [-0.1, -0.05) is 46.0 Å². The molecule has 0 saturated heterocycles. The molecule has 108 valence electrons. The number of aromatic amines is 1. The average molecular weight is 266 g/mol. The number of H-pyrrole nitrogens is 1. The van der Waals surface area contributed by atoms with E-state index in [4.69, 9.17) is 5.73 Å². The van der Waals surface area contributed by atoms with Gasteiger partial charge in [0.05, 0.1) is 11.4 Å². The fourth-order valence-corrected chi connectivity index (χ4v) is 2.02. The van der Waals surface area contributed by atoms with Gasteiger partial charge in [-0.15, -0.1) is 0 Å². The maximum Gasteiger partial charge on any atom is 0.273 e. The molecular formula is C14H26N4O. The largest absolute Gasteiger partial charge is 0.395 e. The van der Waals surface area contributed by atoms with Crippen molar-refractivity contribution >= 4 is 11.6 Å². The van der Waals surface area contributed by atoms with E-state index in [0.717, 1.165) is 25.0 Å². The van der Waals surface area contributed by atoms with Crippen molar-refractivity contribution in [1.29, 1.82) is 0 Å². The van der Waals surface area contributed by atoms with Gasteiger partial charge in [-0.25, -0.2) is 0 Å². The van der Waals surface area contributed by atoms with Crippen LogP contribution in [0.2, 0.25) is 0 Å². The number of aryl methyl sites for hydroxylation is 1. The first-order valence-corrected chi connectivity index (χ1v) is 7.31. The summed E-state index contributed by atoms with van der Waals surface area (Å²) >= 11 is 0. The van der Waals surface area contributed by atoms with Crippen LogP contribution in [0.15, 0.2) is 0 Å². The zero-order chi connectivity index (χ0) is 14.1. The van der Waals surface area contributed by atoms with Crippen LogP contribution in [0.25, 0.3) is 0 Å². The zero-order valence-electron chi connectivity index (χ0n) is 12.1. The number of hydrogen-bond acceptors (Lipinski definition) is 3. The van der Waals surface area contributed by atoms with Crippen LogP contribution in [0.3, 0.4) is 0 Å². The number of nitrogens with zero attached hydrogens (tertiary/aromatic N) is 1. The molecule has 5 nitrogen and oxygen atoms in total. The van der Waals surface area contributed by atoms with Crippen LogP contribution in [0.5, 0.6) is 0 Å². The van der Waals surface area contributed by atoms with Crippen LogP contribution >= 0.6 is 0 Å². The number of amides is 1. The minimum atomic E-state index is -0.179. The molecule has 1 heterocycles. The third kappa shape index (κ3) is 4.93. The molecule has 0 aromatic carbocycles. The first-order valence-electron chi connectivity index (χ1n) is 7.31. The fourth-order valence-electron chi connectivity index (χ4n) is 2.02. The van der Waals surface area contributed by atoms with Crippen LogP contribution in [-0.2, 0) is 6.42 Å². The standard InChI is InChI=1S/C14H26N4O/c1-3-5-6-7-8-9-10-16-14(19)13-12(15)11(4-2)17-18-13/h3-10,15H2,1-2H3,(H,16,19)(H,17,18). The van der Waals surface area contributed by atoms with Gasteiger partial charge >= 0.3 is 0 Å². The lowest BCUT2D eigenvalue weighted by molar-refractivity contribution is 0.0949. The Labute approximate surface area is 115 Å². The Hall–Kier alpha value is -1.52. The highest BCUT2D eigenvalue weighted by Crippen LogP contribution is 2.14. The van der Waals surface area contributed by atoms with Gasteiger partial charge in [0.15, 0.2) is 5.69 Å². The molecule has 0 unspecified atom stereocenters. The zero-order valence-corrected chi connectivity index (χ0v) is 12.1. The van der Waals surface area contributed by atoms with Gasteiger partial charge in [-0.05, 0) is 12.8 Å². The van der Waals surface area contributed by atoms with E-state index in [9.17, 15) is 4.79 Å². The van der Waals surface area contributed by atoms with E-state index in [-0.39, 0.29) is 5.91 Å². The second-order valence-electron chi connectivity index (χ2n) is 4.84. The quantitative estimate of drug-likeness (QED) is 0.601. The minimum absolute atomic E-state index is 0.179. The Morgan fingerprint density at radius 3 is 2.53 bits per heavy atom. The summed E-state index contributed by atoms with van der Waals surface area (Å²) in [7, 11) is 0. The van der Waals surface area contributed by atoms with E-state index in [1.807, 2.05) is 6.92 Å². The lowest BCUT2D eigenvalue weighted by Crippen LogP contribution is -2.25. The SMILES string of the molecule is CCCCCCCCNC(=O)c1n[nH]c(CC)c1N. The summed E-state index contributed by atoms with van der Waals surface area (Å²) in [5.41, 5.74) is 7.47. The highest BCUT2D eigenvalue weighted by molar-refractivity contribution is 5.97. The number of anilines is 1. The molecule has 0 saturated carbocycles. The van der Waals surface area contributed by atoms with Crippen LogP contribution in [-0.4, -0.2) is 22.6 Å². The molecule has 0 aliphatic heterocycles. The minimum Gasteiger partial charge on any atom is -0.395 e. The summed E-state index contributed by atoms with van der Waals surface area (Å²) < 4.78 is 0. The van der Waals surface area contributed by atoms with Crippen LogP contribution < -0.4 is 11.1 Å². The summed E-state index contributed by atoms with van der Waals surface area (Å²) in [5, 5.41) is 9.62. The molecule has 1 aromatic heterocycles. The smallest absolute Gasteiger partial charge is 0.273 e. The molecular weight excluding hydrogens is 240 g/mol. The molecule has 5 heteroatoms. The van der Waals surface area contributed by atoms with E-state index in [1.165, 1.54) is 25.7 Å². The summed E-state index contributed by atoms with van der Waals surface area (Å²) in [6, 6.07) is 0. The maximum atomic E-state index is 11.9. The number of aromatic nitrogens is 2. The predicted molar refractivity (Wildman–Crippen MR) is 78.1 cm³/mol. The van der Waals surface area contributed by atoms with Crippen molar-refractivity contribution in [2.45, 2.75) is 58.8 Å². The normalized spacial score (nSPS) is 10.6. The van der Waals surface area contributed by atoms with E-state index in [2.05, 4.69) is 22.4 Å². The third-order valence-corrected chi connectivity index (χ3v) is 3.27. The van der Waals surface area contributed by atoms with Gasteiger partial charge < -0.3 is 11.1 Å². The summed E-state index contributed by atoms with van der Waals surface area (Å²) in [6.07, 6.45) is 8.02. The highest BCUT2D eigenvalue weighted by atomic mass is 16.1. The summed E-state index contributed by atoms with van der Waals surface area (Å²) in [6.45, 7) is 4.87. The Balaban J connectivity index is 2.22. The van der Waals surface area contributed by atoms with Crippen molar-refractivity contribution in [2.24, 2.45) is 0 Å². The molecule has 0 fully saturated rings.